The van der Waals surface area contributed by atoms with Crippen molar-refractivity contribution in [1.29, 1.82) is 0 Å². The number of hydrogen-bond acceptors (Lipinski definition) is 4. The van der Waals surface area contributed by atoms with E-state index in [1.807, 2.05) is 31.2 Å². The number of carbonyl (C=O) groups excluding carboxylic acids is 2. The fourth-order valence-corrected chi connectivity index (χ4v) is 3.78. The van der Waals surface area contributed by atoms with Gasteiger partial charge in [0, 0.05) is 51.3 Å². The van der Waals surface area contributed by atoms with E-state index in [4.69, 9.17) is 0 Å². The van der Waals surface area contributed by atoms with Crippen LogP contribution in [0.15, 0.2) is 24.3 Å². The molecule has 0 saturated carbocycles. The van der Waals surface area contributed by atoms with Crippen LogP contribution in [0, 0.1) is 0 Å². The van der Waals surface area contributed by atoms with Crippen molar-refractivity contribution in [3.8, 4) is 0 Å². The van der Waals surface area contributed by atoms with Gasteiger partial charge in [0.25, 0.3) is 0 Å². The van der Waals surface area contributed by atoms with Crippen LogP contribution in [-0.2, 0) is 16.0 Å². The first-order chi connectivity index (χ1) is 12.6. The van der Waals surface area contributed by atoms with Crippen LogP contribution in [0.2, 0.25) is 0 Å². The van der Waals surface area contributed by atoms with Crippen LogP contribution in [0.4, 0.5) is 5.69 Å². The van der Waals surface area contributed by atoms with E-state index in [0.717, 1.165) is 50.4 Å². The van der Waals surface area contributed by atoms with Gasteiger partial charge in [-0.15, -0.1) is 0 Å². The van der Waals surface area contributed by atoms with Crippen molar-refractivity contribution in [2.75, 3.05) is 51.2 Å². The minimum absolute atomic E-state index is 0.00698. The number of hydrogen-bond donors (Lipinski definition) is 1. The summed E-state index contributed by atoms with van der Waals surface area (Å²) >= 11 is 0. The molecule has 2 heterocycles. The van der Waals surface area contributed by atoms with Crippen LogP contribution in [-0.4, -0.2) is 74.0 Å². The van der Waals surface area contributed by atoms with E-state index in [9.17, 15) is 9.59 Å². The van der Waals surface area contributed by atoms with E-state index in [0.29, 0.717) is 19.4 Å². The van der Waals surface area contributed by atoms with Crippen molar-refractivity contribution in [1.82, 2.24) is 15.1 Å². The third kappa shape index (κ3) is 4.24. The number of piperazine rings is 1. The summed E-state index contributed by atoms with van der Waals surface area (Å²) in [5.74, 6) is -0.0334. The number of anilines is 1. The Hall–Kier alpha value is -1.92. The Kier molecular flexibility index (Phi) is 6.27. The number of nitrogens with one attached hydrogen (secondary N) is 1. The Bertz CT molecular complexity index is 640. The van der Waals surface area contributed by atoms with Crippen molar-refractivity contribution in [2.24, 2.45) is 0 Å². The number of benzene rings is 1. The highest BCUT2D eigenvalue weighted by molar-refractivity contribution is 6.03. The van der Waals surface area contributed by atoms with Gasteiger partial charge in [0.15, 0.2) is 0 Å². The normalized spacial score (nSPS) is 20.8. The molecule has 3 rings (SSSR count). The number of carbonyl (C=O) groups is 2. The van der Waals surface area contributed by atoms with Crippen LogP contribution in [0.25, 0.3) is 0 Å². The molecule has 1 N–H and O–H groups in total. The molecule has 0 aromatic heterocycles. The summed E-state index contributed by atoms with van der Waals surface area (Å²) in [6.45, 7) is 7.93. The molecule has 142 valence electrons. The fraction of sp³-hybridized carbons (Fsp3) is 0.600. The highest BCUT2D eigenvalue weighted by Crippen LogP contribution is 2.32. The lowest BCUT2D eigenvalue weighted by Gasteiger charge is -2.32. The smallest absolute Gasteiger partial charge is 0.243 e. The molecule has 1 fully saturated rings. The first kappa shape index (κ1) is 18.9. The highest BCUT2D eigenvalue weighted by atomic mass is 16.2. The zero-order valence-electron chi connectivity index (χ0n) is 15.9. The summed E-state index contributed by atoms with van der Waals surface area (Å²) in [6.07, 6.45) is 1.95. The average Bonchev–Trinajstić information content (AvgIpc) is 3.05. The van der Waals surface area contributed by atoms with E-state index in [1.165, 1.54) is 0 Å². The molecule has 0 spiro atoms. The van der Waals surface area contributed by atoms with Gasteiger partial charge in [-0.1, -0.05) is 25.1 Å². The van der Waals surface area contributed by atoms with Gasteiger partial charge in [-0.25, -0.2) is 0 Å². The van der Waals surface area contributed by atoms with Gasteiger partial charge in [0.1, 0.15) is 6.04 Å². The summed E-state index contributed by atoms with van der Waals surface area (Å²) in [5, 5.41) is 3.05. The van der Waals surface area contributed by atoms with Crippen LogP contribution in [0.5, 0.6) is 0 Å². The summed E-state index contributed by atoms with van der Waals surface area (Å²) < 4.78 is 0. The van der Waals surface area contributed by atoms with Gasteiger partial charge in [0.2, 0.25) is 11.8 Å². The zero-order chi connectivity index (χ0) is 18.5. The molecule has 1 aromatic rings. The molecule has 2 aliphatic heterocycles. The third-order valence-corrected chi connectivity index (χ3v) is 5.40. The van der Waals surface area contributed by atoms with Crippen molar-refractivity contribution in [2.45, 2.75) is 32.2 Å². The third-order valence-electron chi connectivity index (χ3n) is 5.40. The number of rotatable bonds is 6. The van der Waals surface area contributed by atoms with E-state index in [2.05, 4.69) is 22.2 Å². The Morgan fingerprint density at radius 1 is 1.15 bits per heavy atom. The maximum absolute atomic E-state index is 12.7. The van der Waals surface area contributed by atoms with Crippen molar-refractivity contribution in [3.63, 3.8) is 0 Å². The lowest BCUT2D eigenvalue weighted by atomic mass is 10.1. The van der Waals surface area contributed by atoms with Gasteiger partial charge in [0.05, 0.1) is 0 Å². The predicted molar refractivity (Wildman–Crippen MR) is 103 cm³/mol. The predicted octanol–water partition coefficient (Wildman–Crippen LogP) is 1.11. The Morgan fingerprint density at radius 2 is 1.88 bits per heavy atom. The molecule has 2 amide bonds. The van der Waals surface area contributed by atoms with Gasteiger partial charge in [-0.2, -0.15) is 0 Å². The molecule has 6 nitrogen and oxygen atoms in total. The lowest BCUT2D eigenvalue weighted by molar-refractivity contribution is -0.126. The summed E-state index contributed by atoms with van der Waals surface area (Å²) in [4.78, 5) is 31.6. The second-order valence-corrected chi connectivity index (χ2v) is 7.26. The molecule has 26 heavy (non-hydrogen) atoms. The minimum atomic E-state index is -0.413. The largest absolute Gasteiger partial charge is 0.354 e. The van der Waals surface area contributed by atoms with Gasteiger partial charge < -0.3 is 15.1 Å². The molecule has 0 aliphatic carbocycles. The quantitative estimate of drug-likeness (QED) is 0.774. The number of amides is 2. The molecular weight excluding hydrogens is 328 g/mol. The minimum Gasteiger partial charge on any atom is -0.354 e. The molecule has 1 atom stereocenters. The molecule has 0 bridgehead atoms. The highest BCUT2D eigenvalue weighted by Gasteiger charge is 2.37. The van der Waals surface area contributed by atoms with Crippen molar-refractivity contribution >= 4 is 17.5 Å². The van der Waals surface area contributed by atoms with E-state index < -0.39 is 6.04 Å². The molecule has 0 radical (unpaired) electrons. The summed E-state index contributed by atoms with van der Waals surface area (Å²) in [6, 6.07) is 7.41. The first-order valence-electron chi connectivity index (χ1n) is 9.68. The fourth-order valence-electron chi connectivity index (χ4n) is 3.78. The number of fused-ring (bicyclic) bond motifs is 1. The number of para-hydroxylation sites is 1. The van der Waals surface area contributed by atoms with E-state index in [-0.39, 0.29) is 11.8 Å². The maximum atomic E-state index is 12.7. The van der Waals surface area contributed by atoms with Crippen molar-refractivity contribution in [3.05, 3.63) is 29.8 Å². The van der Waals surface area contributed by atoms with Crippen LogP contribution in [0.1, 0.15) is 25.3 Å². The van der Waals surface area contributed by atoms with Gasteiger partial charge in [-0.05, 0) is 31.6 Å². The summed E-state index contributed by atoms with van der Waals surface area (Å²) in [7, 11) is 2.15. The van der Waals surface area contributed by atoms with E-state index >= 15 is 0 Å². The van der Waals surface area contributed by atoms with Crippen LogP contribution < -0.4 is 10.2 Å². The second-order valence-electron chi connectivity index (χ2n) is 7.26. The molecular formula is C20H30N4O2. The zero-order valence-corrected chi connectivity index (χ0v) is 15.9. The molecule has 1 saturated heterocycles. The topological polar surface area (TPSA) is 55.9 Å². The van der Waals surface area contributed by atoms with Gasteiger partial charge in [-0.3, -0.25) is 14.5 Å². The SMILES string of the molecule is CCC(=O)N1c2ccccc2C[C@H]1C(=O)NCCCN1CCN(C)CC1. The molecule has 2 aliphatic rings. The van der Waals surface area contributed by atoms with Gasteiger partial charge >= 0.3 is 0 Å². The lowest BCUT2D eigenvalue weighted by Crippen LogP contribution is -2.48. The number of nitrogens with zero attached hydrogens (tertiary/aromatic N) is 3. The van der Waals surface area contributed by atoms with E-state index in [1.54, 1.807) is 4.90 Å². The summed E-state index contributed by atoms with van der Waals surface area (Å²) in [5.41, 5.74) is 1.96. The first-order valence-corrected chi connectivity index (χ1v) is 9.68. The Labute approximate surface area is 156 Å². The Balaban J connectivity index is 1.50. The molecule has 1 aromatic carbocycles. The van der Waals surface area contributed by atoms with Crippen LogP contribution in [0.3, 0.4) is 0 Å². The standard InChI is InChI=1S/C20H30N4O2/c1-3-19(25)24-17-8-5-4-7-16(17)15-18(24)20(26)21-9-6-10-23-13-11-22(2)12-14-23/h4-5,7-8,18H,3,6,9-15H2,1-2H3,(H,21,26)/t18-/m0/s1. The molecule has 0 unspecified atom stereocenters. The average molecular weight is 358 g/mol. The second kappa shape index (κ2) is 8.64. The Morgan fingerprint density at radius 3 is 2.62 bits per heavy atom. The monoisotopic (exact) mass is 358 g/mol. The van der Waals surface area contributed by atoms with Crippen LogP contribution >= 0.6 is 0 Å². The number of likely N-dealkylation sites (N-methyl/N-ethyl adjacent to an activating group) is 1. The van der Waals surface area contributed by atoms with Crippen molar-refractivity contribution < 1.29 is 9.59 Å². The maximum Gasteiger partial charge on any atom is 0.243 e. The molecule has 6 heteroatoms.